The molecule has 0 atom stereocenters. The zero-order chi connectivity index (χ0) is 23.9. The van der Waals surface area contributed by atoms with Crippen LogP contribution in [0.1, 0.15) is 5.69 Å². The van der Waals surface area contributed by atoms with E-state index in [2.05, 4.69) is 46.4 Å². The first kappa shape index (κ1) is 22.5. The summed E-state index contributed by atoms with van der Waals surface area (Å²) in [6.45, 7) is 1.78. The van der Waals surface area contributed by atoms with E-state index in [4.69, 9.17) is 16.3 Å². The summed E-state index contributed by atoms with van der Waals surface area (Å²) in [7, 11) is 0. The van der Waals surface area contributed by atoms with Crippen LogP contribution in [0.4, 0.5) is 33.6 Å². The number of aromatic amines is 1. The molecule has 0 bridgehead atoms. The molecule has 0 unspecified atom stereocenters. The van der Waals surface area contributed by atoms with Crippen molar-refractivity contribution in [3.63, 3.8) is 0 Å². The number of ether oxygens (including phenoxy) is 1. The predicted octanol–water partition coefficient (Wildman–Crippen LogP) is 4.30. The van der Waals surface area contributed by atoms with Crippen LogP contribution in [0.3, 0.4) is 0 Å². The second kappa shape index (κ2) is 10.3. The molecule has 0 fully saturated rings. The van der Waals surface area contributed by atoms with Gasteiger partial charge in [0.05, 0.1) is 5.02 Å². The Labute approximate surface area is 198 Å². The number of amides is 3. The molecule has 0 spiro atoms. The summed E-state index contributed by atoms with van der Waals surface area (Å²) in [6.07, 6.45) is 3.67. The number of halogens is 1. The van der Waals surface area contributed by atoms with Gasteiger partial charge in [0, 0.05) is 41.6 Å². The number of H-pyrrole nitrogens is 1. The Bertz CT molecular complexity index is 1310. The van der Waals surface area contributed by atoms with Crippen molar-refractivity contribution in [2.75, 3.05) is 21.3 Å². The van der Waals surface area contributed by atoms with Gasteiger partial charge in [-0.3, -0.25) is 14.9 Å². The molecule has 3 aromatic heterocycles. The number of rotatable bonds is 8. The molecule has 5 N–H and O–H groups in total. The summed E-state index contributed by atoms with van der Waals surface area (Å²) in [6, 6.07) is 11.0. The van der Waals surface area contributed by atoms with E-state index in [1.54, 1.807) is 61.8 Å². The second-order valence-electron chi connectivity index (χ2n) is 6.79. The van der Waals surface area contributed by atoms with E-state index in [0.29, 0.717) is 46.7 Å². The number of urea groups is 1. The molecule has 3 amide bonds. The van der Waals surface area contributed by atoms with Crippen molar-refractivity contribution in [2.45, 2.75) is 6.92 Å². The van der Waals surface area contributed by atoms with Crippen LogP contribution in [0.2, 0.25) is 5.02 Å². The number of hydrogen-bond acceptors (Lipinski definition) is 8. The number of aryl methyl sites for hydroxylation is 1. The van der Waals surface area contributed by atoms with Gasteiger partial charge in [0.25, 0.3) is 0 Å². The molecule has 0 saturated heterocycles. The molecule has 12 nitrogen and oxygen atoms in total. The van der Waals surface area contributed by atoms with E-state index >= 15 is 0 Å². The molecule has 13 heteroatoms. The smallest absolute Gasteiger partial charge is 0.324 e. The van der Waals surface area contributed by atoms with E-state index in [1.165, 1.54) is 0 Å². The maximum Gasteiger partial charge on any atom is 0.324 e. The Morgan fingerprint density at radius 2 is 1.82 bits per heavy atom. The lowest BCUT2D eigenvalue weighted by Crippen LogP contribution is -2.19. The summed E-state index contributed by atoms with van der Waals surface area (Å²) < 4.78 is 5.75. The highest BCUT2D eigenvalue weighted by molar-refractivity contribution is 6.32. The third-order valence-electron chi connectivity index (χ3n) is 4.21. The Balaban J connectivity index is 1.42. The zero-order valence-electron chi connectivity index (χ0n) is 17.7. The van der Waals surface area contributed by atoms with Crippen molar-refractivity contribution in [3.8, 4) is 11.8 Å². The van der Waals surface area contributed by atoms with Gasteiger partial charge in [-0.25, -0.2) is 9.78 Å². The van der Waals surface area contributed by atoms with Crippen LogP contribution >= 0.6 is 11.6 Å². The van der Waals surface area contributed by atoms with Crippen LogP contribution in [-0.4, -0.2) is 37.6 Å². The van der Waals surface area contributed by atoms with Crippen molar-refractivity contribution in [1.82, 2.24) is 25.1 Å². The normalized spacial score (nSPS) is 10.3. The van der Waals surface area contributed by atoms with Crippen LogP contribution < -0.4 is 26.0 Å². The number of nitrogens with zero attached hydrogens (tertiary/aromatic N) is 4. The number of pyridine rings is 1. The fourth-order valence-electron chi connectivity index (χ4n) is 2.80. The number of hydrogen-bond donors (Lipinski definition) is 5. The van der Waals surface area contributed by atoms with E-state index < -0.39 is 6.03 Å². The Morgan fingerprint density at radius 3 is 2.59 bits per heavy atom. The molecular weight excluding hydrogens is 462 g/mol. The number of aromatic nitrogens is 5. The van der Waals surface area contributed by atoms with Crippen molar-refractivity contribution < 1.29 is 14.3 Å². The Morgan fingerprint density at radius 1 is 1.03 bits per heavy atom. The Kier molecular flexibility index (Phi) is 6.79. The van der Waals surface area contributed by atoms with Gasteiger partial charge in [-0.1, -0.05) is 11.6 Å². The molecule has 0 aliphatic carbocycles. The third kappa shape index (κ3) is 5.95. The van der Waals surface area contributed by atoms with Crippen LogP contribution in [0, 0.1) is 6.92 Å². The van der Waals surface area contributed by atoms with Crippen molar-refractivity contribution in [1.29, 1.82) is 0 Å². The van der Waals surface area contributed by atoms with Gasteiger partial charge in [-0.2, -0.15) is 10.1 Å². The highest BCUT2D eigenvalue weighted by Gasteiger charge is 2.11. The molecule has 4 aromatic rings. The van der Waals surface area contributed by atoms with E-state index in [-0.39, 0.29) is 11.0 Å². The van der Waals surface area contributed by atoms with Gasteiger partial charge in [-0.15, -0.1) is 0 Å². The highest BCUT2D eigenvalue weighted by atomic mass is 35.5. The summed E-state index contributed by atoms with van der Waals surface area (Å²) in [5.41, 5.74) is 1.71. The molecule has 0 saturated carbocycles. The molecule has 4 rings (SSSR count). The van der Waals surface area contributed by atoms with Gasteiger partial charge < -0.3 is 26.0 Å². The number of nitrogens with one attached hydrogen (secondary N) is 5. The molecule has 0 aliphatic rings. The number of carbonyl (C=O) groups excluding carboxylic acids is 2. The lowest BCUT2D eigenvalue weighted by atomic mass is 10.3. The largest absolute Gasteiger partial charge is 0.423 e. The van der Waals surface area contributed by atoms with Gasteiger partial charge in [0.2, 0.25) is 6.41 Å². The van der Waals surface area contributed by atoms with E-state index in [1.807, 2.05) is 0 Å². The predicted molar refractivity (Wildman–Crippen MR) is 127 cm³/mol. The van der Waals surface area contributed by atoms with Gasteiger partial charge >= 0.3 is 12.0 Å². The standard InChI is InChI=1S/C21H18ClN9O3/c1-12-8-18(28-19-10-17(24-11-32)30-31-19)29-21(25-12)34-16-3-2-14(9-15(16)22)27-20(33)26-13-4-6-23-7-5-13/h2-11H,1H3,(H2,23,26,27,33)(H3,24,25,28,29,30,31,32). The minimum atomic E-state index is -0.432. The molecular formula is C21H18ClN9O3. The highest BCUT2D eigenvalue weighted by Crippen LogP contribution is 2.31. The quantitative estimate of drug-likeness (QED) is 0.234. The van der Waals surface area contributed by atoms with Crippen molar-refractivity contribution >= 4 is 52.9 Å². The van der Waals surface area contributed by atoms with E-state index in [0.717, 1.165) is 0 Å². The molecule has 0 aliphatic heterocycles. The minimum Gasteiger partial charge on any atom is -0.423 e. The van der Waals surface area contributed by atoms with Crippen LogP contribution in [0.15, 0.2) is 54.9 Å². The lowest BCUT2D eigenvalue weighted by Gasteiger charge is -2.11. The first-order valence-electron chi connectivity index (χ1n) is 9.82. The third-order valence-corrected chi connectivity index (χ3v) is 4.51. The van der Waals surface area contributed by atoms with Crippen LogP contribution in [0.25, 0.3) is 0 Å². The summed E-state index contributed by atoms with van der Waals surface area (Å²) in [5.74, 6) is 1.60. The molecule has 3 heterocycles. The summed E-state index contributed by atoms with van der Waals surface area (Å²) in [5, 5.41) is 17.7. The van der Waals surface area contributed by atoms with Gasteiger partial charge in [0.1, 0.15) is 17.4 Å². The van der Waals surface area contributed by atoms with Gasteiger partial charge in [-0.05, 0) is 37.3 Å². The average molecular weight is 480 g/mol. The SMILES string of the molecule is Cc1cc(Nc2cc(NC=O)n[nH]2)nc(Oc2ccc(NC(=O)Nc3ccncc3)cc2Cl)n1. The molecule has 1 aromatic carbocycles. The minimum absolute atomic E-state index is 0.0614. The monoisotopic (exact) mass is 479 g/mol. The topological polar surface area (TPSA) is 159 Å². The second-order valence-corrected chi connectivity index (χ2v) is 7.20. The van der Waals surface area contributed by atoms with E-state index in [9.17, 15) is 9.59 Å². The van der Waals surface area contributed by atoms with Crippen molar-refractivity contribution in [3.05, 3.63) is 65.6 Å². The first-order valence-corrected chi connectivity index (χ1v) is 10.2. The zero-order valence-corrected chi connectivity index (χ0v) is 18.4. The van der Waals surface area contributed by atoms with Crippen LogP contribution in [0.5, 0.6) is 11.8 Å². The average Bonchev–Trinajstić information content (AvgIpc) is 3.23. The number of carbonyl (C=O) groups is 2. The molecule has 34 heavy (non-hydrogen) atoms. The van der Waals surface area contributed by atoms with Crippen LogP contribution in [-0.2, 0) is 4.79 Å². The maximum atomic E-state index is 12.2. The Hall–Kier alpha value is -4.71. The number of benzene rings is 1. The van der Waals surface area contributed by atoms with Gasteiger partial charge in [0.15, 0.2) is 5.82 Å². The lowest BCUT2D eigenvalue weighted by molar-refractivity contribution is -0.105. The maximum absolute atomic E-state index is 12.2. The molecule has 172 valence electrons. The molecule has 0 radical (unpaired) electrons. The number of anilines is 5. The van der Waals surface area contributed by atoms with Crippen molar-refractivity contribution in [2.24, 2.45) is 0 Å². The summed E-state index contributed by atoms with van der Waals surface area (Å²) >= 11 is 6.34. The first-order chi connectivity index (χ1) is 16.5. The summed E-state index contributed by atoms with van der Waals surface area (Å²) in [4.78, 5) is 35.2. The fraction of sp³-hybridized carbons (Fsp3) is 0.0476. The fourth-order valence-corrected chi connectivity index (χ4v) is 3.02.